The minimum Gasteiger partial charge on any atom is -0.371 e. The number of carbonyl (C=O) groups excluding carboxylic acids is 1. The monoisotopic (exact) mass is 540 g/mol. The number of benzene rings is 2. The van der Waals surface area contributed by atoms with Crippen molar-refractivity contribution in [1.29, 1.82) is 0 Å². The number of aromatic nitrogens is 2. The lowest BCUT2D eigenvalue weighted by molar-refractivity contribution is -0.137. The molecule has 9 heteroatoms. The van der Waals surface area contributed by atoms with Gasteiger partial charge in [-0.25, -0.2) is 4.98 Å². The van der Waals surface area contributed by atoms with Gasteiger partial charge >= 0.3 is 6.18 Å². The molecule has 5 rings (SSSR count). The zero-order valence-corrected chi connectivity index (χ0v) is 21.7. The fourth-order valence-electron chi connectivity index (χ4n) is 5.06. The van der Waals surface area contributed by atoms with E-state index in [0.29, 0.717) is 29.3 Å². The van der Waals surface area contributed by atoms with Crippen LogP contribution in [0.3, 0.4) is 0 Å². The van der Waals surface area contributed by atoms with Crippen LogP contribution in [0.2, 0.25) is 5.02 Å². The highest BCUT2D eigenvalue weighted by molar-refractivity contribution is 6.30. The van der Waals surface area contributed by atoms with Crippen LogP contribution in [0.15, 0.2) is 66.9 Å². The van der Waals surface area contributed by atoms with Gasteiger partial charge in [0.15, 0.2) is 0 Å². The fraction of sp³-hybridized carbons (Fsp3) is 0.310. The SMILES string of the molecule is CCc1nc2cc(Cl)ccn2c1C(=O)NCc1ccc(N2CCC(c3ccc(C(F)(F)F)cc3)CC2)cc1. The highest BCUT2D eigenvalue weighted by atomic mass is 35.5. The number of rotatable bonds is 6. The Morgan fingerprint density at radius 2 is 1.74 bits per heavy atom. The van der Waals surface area contributed by atoms with Gasteiger partial charge in [-0.1, -0.05) is 42.8 Å². The van der Waals surface area contributed by atoms with Gasteiger partial charge in [-0.15, -0.1) is 0 Å². The number of alkyl halides is 3. The predicted octanol–water partition coefficient (Wildman–Crippen LogP) is 6.88. The number of fused-ring (bicyclic) bond motifs is 1. The van der Waals surface area contributed by atoms with Crippen molar-refractivity contribution in [2.45, 2.75) is 44.8 Å². The summed E-state index contributed by atoms with van der Waals surface area (Å²) in [5.74, 6) is 0.0674. The molecular weight excluding hydrogens is 513 g/mol. The number of nitrogens with one attached hydrogen (secondary N) is 1. The van der Waals surface area contributed by atoms with Gasteiger partial charge in [0.05, 0.1) is 11.3 Å². The number of carbonyl (C=O) groups is 1. The van der Waals surface area contributed by atoms with Crippen LogP contribution in [0.25, 0.3) is 5.65 Å². The normalized spacial score (nSPS) is 14.7. The third-order valence-electron chi connectivity index (χ3n) is 7.17. The zero-order valence-electron chi connectivity index (χ0n) is 20.9. The van der Waals surface area contributed by atoms with Gasteiger partial charge in [0.1, 0.15) is 11.3 Å². The lowest BCUT2D eigenvalue weighted by Gasteiger charge is -2.34. The lowest BCUT2D eigenvalue weighted by Crippen LogP contribution is -2.32. The van der Waals surface area contributed by atoms with Crippen molar-refractivity contribution in [2.75, 3.05) is 18.0 Å². The quantitative estimate of drug-likeness (QED) is 0.290. The Hall–Kier alpha value is -3.52. The van der Waals surface area contributed by atoms with E-state index in [2.05, 4.69) is 15.2 Å². The summed E-state index contributed by atoms with van der Waals surface area (Å²) in [6, 6.07) is 17.1. The standard InChI is InChI=1S/C29H28ClF3N4O/c1-2-25-27(37-16-13-23(30)17-26(37)35-25)28(38)34-18-19-3-9-24(10-4-19)36-14-11-21(12-15-36)20-5-7-22(8-6-20)29(31,32)33/h3-10,13,16-17,21H,2,11-12,14-15,18H2,1H3,(H,34,38). The molecule has 0 aliphatic carbocycles. The van der Waals surface area contributed by atoms with Gasteiger partial charge in [-0.05, 0) is 66.6 Å². The topological polar surface area (TPSA) is 49.6 Å². The molecule has 1 fully saturated rings. The van der Waals surface area contributed by atoms with E-state index in [1.54, 1.807) is 34.9 Å². The Balaban J connectivity index is 1.17. The van der Waals surface area contributed by atoms with Crippen LogP contribution in [-0.4, -0.2) is 28.4 Å². The molecule has 5 nitrogen and oxygen atoms in total. The van der Waals surface area contributed by atoms with Crippen molar-refractivity contribution in [3.8, 4) is 0 Å². The molecule has 4 aromatic rings. The second-order valence-corrected chi connectivity index (χ2v) is 10.0. The van der Waals surface area contributed by atoms with Crippen LogP contribution in [-0.2, 0) is 19.1 Å². The highest BCUT2D eigenvalue weighted by Crippen LogP contribution is 2.34. The maximum Gasteiger partial charge on any atom is 0.416 e. The van der Waals surface area contributed by atoms with Gasteiger partial charge in [0, 0.05) is 42.6 Å². The summed E-state index contributed by atoms with van der Waals surface area (Å²) in [4.78, 5) is 19.8. The second kappa shape index (κ2) is 10.7. The maximum atomic E-state index is 13.0. The molecule has 2 aromatic heterocycles. The molecule has 0 saturated carbocycles. The number of halogens is 4. The molecule has 0 unspecified atom stereocenters. The van der Waals surface area contributed by atoms with Crippen LogP contribution >= 0.6 is 11.6 Å². The third kappa shape index (κ3) is 5.50. The molecule has 3 heterocycles. The van der Waals surface area contributed by atoms with Gasteiger partial charge in [-0.2, -0.15) is 13.2 Å². The number of hydrogen-bond acceptors (Lipinski definition) is 3. The Morgan fingerprint density at radius 1 is 1.05 bits per heavy atom. The Morgan fingerprint density at radius 3 is 2.37 bits per heavy atom. The smallest absolute Gasteiger partial charge is 0.371 e. The Kier molecular flexibility index (Phi) is 7.34. The van der Waals surface area contributed by atoms with Crippen LogP contribution in [0, 0.1) is 0 Å². The van der Waals surface area contributed by atoms with Crippen LogP contribution < -0.4 is 10.2 Å². The average molecular weight is 541 g/mol. The first-order valence-electron chi connectivity index (χ1n) is 12.7. The third-order valence-corrected chi connectivity index (χ3v) is 7.40. The van der Waals surface area contributed by atoms with Crippen molar-refractivity contribution in [3.63, 3.8) is 0 Å². The summed E-state index contributed by atoms with van der Waals surface area (Å²) in [7, 11) is 0. The number of aryl methyl sites for hydroxylation is 1. The predicted molar refractivity (Wildman–Crippen MR) is 143 cm³/mol. The molecular formula is C29H28ClF3N4O. The van der Waals surface area contributed by atoms with E-state index < -0.39 is 11.7 Å². The number of piperidine rings is 1. The molecule has 0 radical (unpaired) electrons. The average Bonchev–Trinajstić information content (AvgIpc) is 3.29. The largest absolute Gasteiger partial charge is 0.416 e. The Bertz CT molecular complexity index is 1420. The van der Waals surface area contributed by atoms with Gasteiger partial charge in [-0.3, -0.25) is 9.20 Å². The maximum absolute atomic E-state index is 13.0. The van der Waals surface area contributed by atoms with Gasteiger partial charge in [0.25, 0.3) is 5.91 Å². The first-order chi connectivity index (χ1) is 18.2. The van der Waals surface area contributed by atoms with E-state index in [1.165, 1.54) is 12.1 Å². The molecule has 38 heavy (non-hydrogen) atoms. The molecule has 1 N–H and O–H groups in total. The van der Waals surface area contributed by atoms with E-state index in [4.69, 9.17) is 11.6 Å². The molecule has 0 bridgehead atoms. The van der Waals surface area contributed by atoms with E-state index >= 15 is 0 Å². The molecule has 0 spiro atoms. The second-order valence-electron chi connectivity index (χ2n) is 9.56. The van der Waals surface area contributed by atoms with Gasteiger partial charge in [0.2, 0.25) is 0 Å². The molecule has 198 valence electrons. The summed E-state index contributed by atoms with van der Waals surface area (Å²) in [5, 5.41) is 3.57. The molecule has 2 aromatic carbocycles. The van der Waals surface area contributed by atoms with Crippen LogP contribution in [0.4, 0.5) is 18.9 Å². The zero-order chi connectivity index (χ0) is 26.9. The van der Waals surface area contributed by atoms with E-state index in [9.17, 15) is 18.0 Å². The number of anilines is 1. The molecule has 1 amide bonds. The minimum atomic E-state index is -4.31. The number of amides is 1. The Labute approximate surface area is 224 Å². The summed E-state index contributed by atoms with van der Waals surface area (Å²) in [6.45, 7) is 4.02. The van der Waals surface area contributed by atoms with E-state index in [1.807, 2.05) is 31.2 Å². The molecule has 1 aliphatic rings. The highest BCUT2D eigenvalue weighted by Gasteiger charge is 2.30. The fourth-order valence-corrected chi connectivity index (χ4v) is 5.22. The summed E-state index contributed by atoms with van der Waals surface area (Å²) < 4.78 is 40.3. The molecule has 0 atom stereocenters. The summed E-state index contributed by atoms with van der Waals surface area (Å²) in [5.41, 5.74) is 4.32. The van der Waals surface area contributed by atoms with E-state index in [-0.39, 0.29) is 11.8 Å². The van der Waals surface area contributed by atoms with Crippen molar-refractivity contribution < 1.29 is 18.0 Å². The van der Waals surface area contributed by atoms with Gasteiger partial charge < -0.3 is 10.2 Å². The molecule has 1 aliphatic heterocycles. The number of pyridine rings is 1. The summed E-state index contributed by atoms with van der Waals surface area (Å²) >= 11 is 6.08. The first kappa shape index (κ1) is 26.1. The van der Waals surface area contributed by atoms with Crippen molar-refractivity contribution in [2.24, 2.45) is 0 Å². The van der Waals surface area contributed by atoms with Crippen LogP contribution in [0.5, 0.6) is 0 Å². The van der Waals surface area contributed by atoms with Crippen LogP contribution in [0.1, 0.15) is 58.6 Å². The minimum absolute atomic E-state index is 0.189. The number of imidazole rings is 1. The van der Waals surface area contributed by atoms with E-state index in [0.717, 1.165) is 48.4 Å². The van der Waals surface area contributed by atoms with Crippen molar-refractivity contribution in [1.82, 2.24) is 14.7 Å². The molecule has 1 saturated heterocycles. The first-order valence-corrected chi connectivity index (χ1v) is 13.1. The number of nitrogens with zero attached hydrogens (tertiary/aromatic N) is 3. The number of hydrogen-bond donors (Lipinski definition) is 1. The van der Waals surface area contributed by atoms with Crippen molar-refractivity contribution in [3.05, 3.63) is 100.0 Å². The lowest BCUT2D eigenvalue weighted by atomic mass is 9.88. The van der Waals surface area contributed by atoms with Crippen molar-refractivity contribution >= 4 is 28.8 Å². The summed E-state index contributed by atoms with van der Waals surface area (Å²) in [6.07, 6.45) is -0.153.